The molecule has 1 aliphatic rings. The molecule has 0 aliphatic carbocycles. The van der Waals surface area contributed by atoms with Crippen LogP contribution in [0.3, 0.4) is 0 Å². The number of nitriles is 1. The van der Waals surface area contributed by atoms with Gasteiger partial charge in [-0.15, -0.1) is 0 Å². The Labute approximate surface area is 145 Å². The van der Waals surface area contributed by atoms with Crippen molar-refractivity contribution < 1.29 is 17.5 Å². The minimum Gasteiger partial charge on any atom is -0.487 e. The van der Waals surface area contributed by atoms with Crippen LogP contribution in [0.5, 0.6) is 5.75 Å². The number of nitrogens with zero attached hydrogens (tertiary/aromatic N) is 3. The van der Waals surface area contributed by atoms with E-state index >= 15 is 0 Å². The highest BCUT2D eigenvalue weighted by molar-refractivity contribution is 7.89. The number of ether oxygens (including phenoxy) is 1. The van der Waals surface area contributed by atoms with E-state index in [0.717, 1.165) is 17.8 Å². The number of hydrogen-bond acceptors (Lipinski definition) is 5. The summed E-state index contributed by atoms with van der Waals surface area (Å²) in [6, 6.07) is 8.43. The Kier molecular flexibility index (Phi) is 4.70. The van der Waals surface area contributed by atoms with E-state index in [1.165, 1.54) is 10.4 Å². The molecule has 0 N–H and O–H groups in total. The van der Waals surface area contributed by atoms with Gasteiger partial charge in [-0.05, 0) is 43.7 Å². The predicted molar refractivity (Wildman–Crippen MR) is 87.9 cm³/mol. The normalized spacial score (nSPS) is 18.0. The fourth-order valence-electron chi connectivity index (χ4n) is 2.69. The quantitative estimate of drug-likeness (QED) is 0.834. The maximum absolute atomic E-state index is 13.4. The molecule has 1 aliphatic heterocycles. The Bertz CT molecular complexity index is 940. The zero-order valence-corrected chi connectivity index (χ0v) is 14.3. The number of sulfonamides is 1. The average molecular weight is 361 g/mol. The van der Waals surface area contributed by atoms with E-state index in [0.29, 0.717) is 18.7 Å². The zero-order chi connectivity index (χ0) is 18.0. The highest BCUT2D eigenvalue weighted by atomic mass is 32.2. The molecule has 0 saturated carbocycles. The smallest absolute Gasteiger partial charge is 0.243 e. The van der Waals surface area contributed by atoms with Gasteiger partial charge in [-0.3, -0.25) is 4.98 Å². The second-order valence-electron chi connectivity index (χ2n) is 5.73. The molecular formula is C17H16FN3O3S. The van der Waals surface area contributed by atoms with Gasteiger partial charge >= 0.3 is 0 Å². The van der Waals surface area contributed by atoms with Gasteiger partial charge in [-0.2, -0.15) is 9.57 Å². The van der Waals surface area contributed by atoms with Gasteiger partial charge in [0.05, 0.1) is 22.7 Å². The van der Waals surface area contributed by atoms with E-state index < -0.39 is 15.8 Å². The van der Waals surface area contributed by atoms with Crippen molar-refractivity contribution in [3.8, 4) is 11.8 Å². The minimum atomic E-state index is -3.80. The molecule has 1 aromatic heterocycles. The summed E-state index contributed by atoms with van der Waals surface area (Å²) in [5.74, 6) is -0.114. The van der Waals surface area contributed by atoms with Crippen LogP contribution < -0.4 is 4.74 Å². The monoisotopic (exact) mass is 361 g/mol. The molecule has 0 radical (unpaired) electrons. The molecule has 0 bridgehead atoms. The second kappa shape index (κ2) is 6.78. The maximum Gasteiger partial charge on any atom is 0.243 e. The van der Waals surface area contributed by atoms with E-state index in [1.807, 2.05) is 6.92 Å². The topological polar surface area (TPSA) is 83.3 Å². The number of aryl methyl sites for hydroxylation is 1. The standard InChI is InChI=1S/C17H16FN3O3S/c1-12-17(3-2-7-20-12)24-14-6-8-21(11-14)25(22,23)15-4-5-16(18)13(9-15)10-19/h2-5,7,9,14H,6,8,11H2,1H3/t14-/m1/s1. The lowest BCUT2D eigenvalue weighted by molar-refractivity contribution is 0.213. The second-order valence-corrected chi connectivity index (χ2v) is 7.67. The van der Waals surface area contributed by atoms with Crippen LogP contribution in [-0.4, -0.2) is 36.9 Å². The van der Waals surface area contributed by atoms with Gasteiger partial charge < -0.3 is 4.74 Å². The van der Waals surface area contributed by atoms with Crippen molar-refractivity contribution in [3.05, 3.63) is 53.6 Å². The van der Waals surface area contributed by atoms with Crippen molar-refractivity contribution in [1.82, 2.24) is 9.29 Å². The number of benzene rings is 1. The summed E-state index contributed by atoms with van der Waals surface area (Å²) in [4.78, 5) is 4.05. The van der Waals surface area contributed by atoms with Gasteiger partial charge in [0.1, 0.15) is 23.7 Å². The molecule has 3 rings (SSSR count). The van der Waals surface area contributed by atoms with Gasteiger partial charge in [0.15, 0.2) is 0 Å². The molecule has 8 heteroatoms. The lowest BCUT2D eigenvalue weighted by Gasteiger charge is -2.18. The van der Waals surface area contributed by atoms with Crippen LogP contribution in [0, 0.1) is 24.1 Å². The summed E-state index contributed by atoms with van der Waals surface area (Å²) in [5.41, 5.74) is 0.445. The van der Waals surface area contributed by atoms with Crippen molar-refractivity contribution >= 4 is 10.0 Å². The highest BCUT2D eigenvalue weighted by Crippen LogP contribution is 2.26. The van der Waals surface area contributed by atoms with Crippen LogP contribution >= 0.6 is 0 Å². The molecule has 25 heavy (non-hydrogen) atoms. The summed E-state index contributed by atoms with van der Waals surface area (Å²) >= 11 is 0. The average Bonchev–Trinajstić information content (AvgIpc) is 3.06. The molecule has 0 unspecified atom stereocenters. The number of rotatable bonds is 4. The summed E-state index contributed by atoms with van der Waals surface area (Å²) in [7, 11) is -3.80. The minimum absolute atomic E-state index is 0.0938. The predicted octanol–water partition coefficient (Wildman–Crippen LogP) is 2.24. The number of halogens is 1. The van der Waals surface area contributed by atoms with Gasteiger partial charge in [0.25, 0.3) is 0 Å². The summed E-state index contributed by atoms with van der Waals surface area (Å²) in [5, 5.41) is 8.88. The SMILES string of the molecule is Cc1ncccc1O[C@@H]1CCN(S(=O)(=O)c2ccc(F)c(C#N)c2)C1. The third-order valence-electron chi connectivity index (χ3n) is 4.06. The molecular weight excluding hydrogens is 345 g/mol. The summed E-state index contributed by atoms with van der Waals surface area (Å²) in [6.45, 7) is 2.31. The number of pyridine rings is 1. The zero-order valence-electron chi connectivity index (χ0n) is 13.5. The Hall–Kier alpha value is -2.50. The van der Waals surface area contributed by atoms with E-state index in [9.17, 15) is 12.8 Å². The third-order valence-corrected chi connectivity index (χ3v) is 5.92. The summed E-state index contributed by atoms with van der Waals surface area (Å²) < 4.78 is 46.0. The van der Waals surface area contributed by atoms with Crippen molar-refractivity contribution in [2.75, 3.05) is 13.1 Å². The molecule has 1 atom stereocenters. The van der Waals surface area contributed by atoms with Gasteiger partial charge in [0.2, 0.25) is 10.0 Å². The van der Waals surface area contributed by atoms with Crippen LogP contribution in [-0.2, 0) is 10.0 Å². The number of hydrogen-bond donors (Lipinski definition) is 0. The van der Waals surface area contributed by atoms with Gasteiger partial charge in [-0.25, -0.2) is 12.8 Å². The maximum atomic E-state index is 13.4. The van der Waals surface area contributed by atoms with Crippen molar-refractivity contribution in [1.29, 1.82) is 5.26 Å². The molecule has 2 aromatic rings. The Balaban J connectivity index is 1.77. The van der Waals surface area contributed by atoms with Crippen LogP contribution in [0.25, 0.3) is 0 Å². The van der Waals surface area contributed by atoms with Gasteiger partial charge in [0, 0.05) is 12.7 Å². The van der Waals surface area contributed by atoms with E-state index in [4.69, 9.17) is 10.00 Å². The van der Waals surface area contributed by atoms with Crippen LogP contribution in [0.4, 0.5) is 4.39 Å². The number of aromatic nitrogens is 1. The molecule has 1 fully saturated rings. The molecule has 0 amide bonds. The first-order chi connectivity index (χ1) is 11.9. The Morgan fingerprint density at radius 3 is 2.92 bits per heavy atom. The molecule has 1 saturated heterocycles. The third kappa shape index (κ3) is 3.48. The van der Waals surface area contributed by atoms with E-state index in [1.54, 1.807) is 24.4 Å². The van der Waals surface area contributed by atoms with Crippen molar-refractivity contribution in [3.63, 3.8) is 0 Å². The highest BCUT2D eigenvalue weighted by Gasteiger charge is 2.34. The van der Waals surface area contributed by atoms with Crippen molar-refractivity contribution in [2.24, 2.45) is 0 Å². The molecule has 6 nitrogen and oxygen atoms in total. The first-order valence-electron chi connectivity index (χ1n) is 7.70. The fraction of sp³-hybridized carbons (Fsp3) is 0.294. The summed E-state index contributed by atoms with van der Waals surface area (Å²) in [6.07, 6.45) is 1.92. The Morgan fingerprint density at radius 2 is 2.20 bits per heavy atom. The molecule has 1 aromatic carbocycles. The first kappa shape index (κ1) is 17.3. The lowest BCUT2D eigenvalue weighted by atomic mass is 10.2. The van der Waals surface area contributed by atoms with Crippen LogP contribution in [0.1, 0.15) is 17.7 Å². The molecule has 130 valence electrons. The van der Waals surface area contributed by atoms with Gasteiger partial charge in [-0.1, -0.05) is 0 Å². The fourth-order valence-corrected chi connectivity index (χ4v) is 4.20. The van der Waals surface area contributed by atoms with E-state index in [-0.39, 0.29) is 23.1 Å². The molecule has 2 heterocycles. The Morgan fingerprint density at radius 1 is 1.40 bits per heavy atom. The molecule has 0 spiro atoms. The first-order valence-corrected chi connectivity index (χ1v) is 9.14. The van der Waals surface area contributed by atoms with Crippen molar-refractivity contribution in [2.45, 2.75) is 24.3 Å². The van der Waals surface area contributed by atoms with Crippen LogP contribution in [0.2, 0.25) is 0 Å². The lowest BCUT2D eigenvalue weighted by Crippen LogP contribution is -2.31. The van der Waals surface area contributed by atoms with E-state index in [2.05, 4.69) is 4.98 Å². The van der Waals surface area contributed by atoms with Crippen LogP contribution in [0.15, 0.2) is 41.4 Å². The largest absolute Gasteiger partial charge is 0.487 e.